The number of rotatable bonds is 11. The summed E-state index contributed by atoms with van der Waals surface area (Å²) in [6, 6.07) is -1.79. The molecule has 0 bridgehead atoms. The zero-order chi connectivity index (χ0) is 18.7. The number of carboxylic acid groups (broad SMARTS) is 1. The van der Waals surface area contributed by atoms with Crippen LogP contribution in [0.4, 0.5) is 0 Å². The molecule has 0 unspecified atom stereocenters. The molecular formula is C14H28N6O4. The third-order valence-electron chi connectivity index (χ3n) is 3.60. The molecule has 10 heteroatoms. The van der Waals surface area contributed by atoms with Crippen molar-refractivity contribution in [2.45, 2.75) is 45.2 Å². The summed E-state index contributed by atoms with van der Waals surface area (Å²) in [5, 5.41) is 23.4. The van der Waals surface area contributed by atoms with Crippen molar-refractivity contribution in [2.75, 3.05) is 13.1 Å². The maximum atomic E-state index is 11.8. The highest BCUT2D eigenvalue weighted by atomic mass is 16.4. The Morgan fingerprint density at radius 3 is 2.38 bits per heavy atom. The van der Waals surface area contributed by atoms with Crippen LogP contribution in [0.5, 0.6) is 0 Å². The molecule has 0 heterocycles. The summed E-state index contributed by atoms with van der Waals surface area (Å²) in [5.74, 6) is -2.45. The first-order valence-electron chi connectivity index (χ1n) is 7.82. The SMILES string of the molecule is CC[C@H](C)[C@H](N)C(=O)NCC(=O)N[C@@H](CCCNC(=N)N)C(=O)O. The van der Waals surface area contributed by atoms with E-state index in [1.165, 1.54) is 0 Å². The molecule has 0 aromatic heterocycles. The van der Waals surface area contributed by atoms with Gasteiger partial charge in [-0.2, -0.15) is 0 Å². The number of carboxylic acids is 1. The number of nitrogens with two attached hydrogens (primary N) is 2. The van der Waals surface area contributed by atoms with Crippen molar-refractivity contribution in [3.05, 3.63) is 0 Å². The fourth-order valence-electron chi connectivity index (χ4n) is 1.83. The quantitative estimate of drug-likeness (QED) is 0.132. The molecule has 0 saturated carbocycles. The van der Waals surface area contributed by atoms with Crippen molar-refractivity contribution >= 4 is 23.7 Å². The van der Waals surface area contributed by atoms with Crippen LogP contribution in [0.25, 0.3) is 0 Å². The first kappa shape index (κ1) is 21.6. The van der Waals surface area contributed by atoms with Crippen LogP contribution in [0.2, 0.25) is 0 Å². The number of aliphatic carboxylic acids is 1. The van der Waals surface area contributed by atoms with Gasteiger partial charge >= 0.3 is 5.97 Å². The van der Waals surface area contributed by atoms with E-state index in [0.717, 1.165) is 6.42 Å². The topological polar surface area (TPSA) is 183 Å². The highest BCUT2D eigenvalue weighted by Crippen LogP contribution is 2.04. The normalized spacial score (nSPS) is 14.1. The lowest BCUT2D eigenvalue weighted by molar-refractivity contribution is -0.142. The fraction of sp³-hybridized carbons (Fsp3) is 0.714. The van der Waals surface area contributed by atoms with E-state index < -0.39 is 29.9 Å². The summed E-state index contributed by atoms with van der Waals surface area (Å²) in [6.45, 7) is 3.73. The van der Waals surface area contributed by atoms with Crippen molar-refractivity contribution in [2.24, 2.45) is 17.4 Å². The van der Waals surface area contributed by atoms with Crippen molar-refractivity contribution in [1.29, 1.82) is 5.41 Å². The largest absolute Gasteiger partial charge is 0.480 e. The third-order valence-corrected chi connectivity index (χ3v) is 3.60. The molecule has 0 aromatic rings. The van der Waals surface area contributed by atoms with Gasteiger partial charge in [0, 0.05) is 6.54 Å². The van der Waals surface area contributed by atoms with Gasteiger partial charge < -0.3 is 32.5 Å². The Labute approximate surface area is 141 Å². The number of amides is 2. The second-order valence-corrected chi connectivity index (χ2v) is 5.57. The van der Waals surface area contributed by atoms with Crippen LogP contribution in [0, 0.1) is 11.3 Å². The lowest BCUT2D eigenvalue weighted by Gasteiger charge is -2.18. The molecule has 0 aliphatic carbocycles. The predicted molar refractivity (Wildman–Crippen MR) is 89.2 cm³/mol. The molecule has 9 N–H and O–H groups in total. The van der Waals surface area contributed by atoms with Crippen molar-refractivity contribution < 1.29 is 19.5 Å². The Hall–Kier alpha value is -2.36. The molecule has 0 fully saturated rings. The minimum Gasteiger partial charge on any atom is -0.480 e. The van der Waals surface area contributed by atoms with Crippen molar-refractivity contribution in [3.8, 4) is 0 Å². The third kappa shape index (κ3) is 8.93. The summed E-state index contributed by atoms with van der Waals surface area (Å²) >= 11 is 0. The number of carbonyl (C=O) groups is 3. The molecule has 24 heavy (non-hydrogen) atoms. The predicted octanol–water partition coefficient (Wildman–Crippen LogP) is -1.69. The average Bonchev–Trinajstić information content (AvgIpc) is 2.53. The maximum absolute atomic E-state index is 11.8. The fourth-order valence-corrected chi connectivity index (χ4v) is 1.83. The summed E-state index contributed by atoms with van der Waals surface area (Å²) in [5.41, 5.74) is 10.8. The minimum atomic E-state index is -1.17. The molecule has 2 amide bonds. The second-order valence-electron chi connectivity index (χ2n) is 5.57. The van der Waals surface area contributed by atoms with Crippen molar-refractivity contribution in [1.82, 2.24) is 16.0 Å². The van der Waals surface area contributed by atoms with Gasteiger partial charge in [0.2, 0.25) is 11.8 Å². The van der Waals surface area contributed by atoms with Gasteiger partial charge in [-0.05, 0) is 18.8 Å². The summed E-state index contributed by atoms with van der Waals surface area (Å²) in [6.07, 6.45) is 1.31. The molecule has 10 nitrogen and oxygen atoms in total. The standard InChI is InChI=1S/C14H28N6O4/c1-3-8(2)11(15)12(22)19-7-10(21)20-9(13(23)24)5-4-6-18-14(16)17/h8-9,11H,3-7,15H2,1-2H3,(H,19,22)(H,20,21)(H,23,24)(H4,16,17,18)/t8-,9-,11-/m0/s1. The van der Waals surface area contributed by atoms with Gasteiger partial charge in [0.1, 0.15) is 6.04 Å². The molecule has 0 aliphatic rings. The molecular weight excluding hydrogens is 316 g/mol. The summed E-state index contributed by atoms with van der Waals surface area (Å²) in [7, 11) is 0. The zero-order valence-electron chi connectivity index (χ0n) is 14.1. The lowest BCUT2D eigenvalue weighted by Crippen LogP contribution is -2.50. The monoisotopic (exact) mass is 344 g/mol. The number of hydrogen-bond acceptors (Lipinski definition) is 5. The van der Waals surface area contributed by atoms with Crippen LogP contribution < -0.4 is 27.4 Å². The first-order valence-corrected chi connectivity index (χ1v) is 7.82. The van der Waals surface area contributed by atoms with Crippen LogP contribution in [-0.2, 0) is 14.4 Å². The van der Waals surface area contributed by atoms with Crippen LogP contribution in [-0.4, -0.2) is 54.0 Å². The van der Waals surface area contributed by atoms with Crippen LogP contribution in [0.1, 0.15) is 33.1 Å². The molecule has 0 radical (unpaired) electrons. The lowest BCUT2D eigenvalue weighted by atomic mass is 9.99. The minimum absolute atomic E-state index is 0.0198. The number of hydrogen-bond donors (Lipinski definition) is 7. The maximum Gasteiger partial charge on any atom is 0.326 e. The van der Waals surface area contributed by atoms with E-state index in [-0.39, 0.29) is 24.8 Å². The molecule has 0 rings (SSSR count). The molecule has 0 aliphatic heterocycles. The van der Waals surface area contributed by atoms with Crippen LogP contribution in [0.3, 0.4) is 0 Å². The van der Waals surface area contributed by atoms with Gasteiger partial charge in [-0.25, -0.2) is 4.79 Å². The van der Waals surface area contributed by atoms with E-state index >= 15 is 0 Å². The van der Waals surface area contributed by atoms with Crippen LogP contribution >= 0.6 is 0 Å². The van der Waals surface area contributed by atoms with Crippen LogP contribution in [0.15, 0.2) is 0 Å². The molecule has 0 aromatic carbocycles. The zero-order valence-corrected chi connectivity index (χ0v) is 14.1. The van der Waals surface area contributed by atoms with E-state index in [1.54, 1.807) is 0 Å². The number of nitrogens with one attached hydrogen (secondary N) is 4. The van der Waals surface area contributed by atoms with E-state index in [2.05, 4.69) is 16.0 Å². The van der Waals surface area contributed by atoms with E-state index in [1.807, 2.05) is 13.8 Å². The Balaban J connectivity index is 4.26. The summed E-state index contributed by atoms with van der Waals surface area (Å²) in [4.78, 5) is 34.7. The number of carbonyl (C=O) groups excluding carboxylic acids is 2. The Morgan fingerprint density at radius 1 is 1.25 bits per heavy atom. The second kappa shape index (κ2) is 11.2. The number of guanidine groups is 1. The van der Waals surface area contributed by atoms with Gasteiger partial charge in [0.25, 0.3) is 0 Å². The highest BCUT2D eigenvalue weighted by Gasteiger charge is 2.22. The van der Waals surface area contributed by atoms with E-state index in [4.69, 9.17) is 22.0 Å². The smallest absolute Gasteiger partial charge is 0.326 e. The van der Waals surface area contributed by atoms with Crippen molar-refractivity contribution in [3.63, 3.8) is 0 Å². The molecule has 0 saturated heterocycles. The van der Waals surface area contributed by atoms with E-state index in [0.29, 0.717) is 13.0 Å². The molecule has 3 atom stereocenters. The van der Waals surface area contributed by atoms with Gasteiger partial charge in [0.05, 0.1) is 12.6 Å². The van der Waals surface area contributed by atoms with Gasteiger partial charge in [0.15, 0.2) is 5.96 Å². The van der Waals surface area contributed by atoms with Gasteiger partial charge in [-0.15, -0.1) is 0 Å². The molecule has 138 valence electrons. The Kier molecular flexibility index (Phi) is 10.1. The first-order chi connectivity index (χ1) is 11.2. The Bertz CT molecular complexity index is 457. The highest BCUT2D eigenvalue weighted by molar-refractivity contribution is 5.89. The summed E-state index contributed by atoms with van der Waals surface area (Å²) < 4.78 is 0. The Morgan fingerprint density at radius 2 is 1.88 bits per heavy atom. The van der Waals surface area contributed by atoms with Gasteiger partial charge in [-0.1, -0.05) is 20.3 Å². The molecule has 0 spiro atoms. The van der Waals surface area contributed by atoms with E-state index in [9.17, 15) is 14.4 Å². The van der Waals surface area contributed by atoms with Gasteiger partial charge in [-0.3, -0.25) is 15.0 Å². The average molecular weight is 344 g/mol.